The van der Waals surface area contributed by atoms with E-state index in [2.05, 4.69) is 15.4 Å². The number of rotatable bonds is 11. The number of benzene rings is 2. The molecule has 2 atom stereocenters. The third-order valence-electron chi connectivity index (χ3n) is 4.70. The maximum absolute atomic E-state index is 12.9. The number of carbonyl (C=O) groups excluding carboxylic acids is 3. The molecule has 0 bridgehead atoms. The van der Waals surface area contributed by atoms with Gasteiger partial charge in [-0.25, -0.2) is 14.0 Å². The van der Waals surface area contributed by atoms with E-state index in [9.17, 15) is 23.9 Å². The van der Waals surface area contributed by atoms with Crippen molar-refractivity contribution in [2.45, 2.75) is 45.4 Å². The second-order valence-electron chi connectivity index (χ2n) is 7.89. The molecular weight excluding hydrogens is 431 g/mol. The summed E-state index contributed by atoms with van der Waals surface area (Å²) in [4.78, 5) is 37.4. The molecular formula is C24H29FN2O6. The number of alkyl carbamates (subject to hydrolysis) is 1. The van der Waals surface area contributed by atoms with Gasteiger partial charge in [0, 0.05) is 6.42 Å². The Morgan fingerprint density at radius 2 is 1.58 bits per heavy atom. The van der Waals surface area contributed by atoms with Crippen LogP contribution in [0.15, 0.2) is 54.6 Å². The van der Waals surface area contributed by atoms with E-state index in [1.54, 1.807) is 24.3 Å². The molecule has 0 saturated carbocycles. The van der Waals surface area contributed by atoms with Crippen molar-refractivity contribution in [3.63, 3.8) is 0 Å². The SMILES string of the molecule is CC(C)C[C@H](NC(=O)OCc1ccccc1)C(=O)N[C@@H](Cc1ccc(O)cc1)C(=O)OCF. The standard InChI is InChI=1S/C24H29FN2O6/c1-16(2)12-20(27-24(31)32-14-18-6-4-3-5-7-18)22(29)26-21(23(30)33-15-25)13-17-8-10-19(28)11-9-17/h3-11,16,20-21,28H,12-15H2,1-2H3,(H,26,29)(H,27,31)/t20-,21-/m0/s1. The molecule has 178 valence electrons. The summed E-state index contributed by atoms with van der Waals surface area (Å²) in [6, 6.07) is 12.9. The second-order valence-corrected chi connectivity index (χ2v) is 7.89. The first-order chi connectivity index (χ1) is 15.8. The minimum atomic E-state index is -1.33. The van der Waals surface area contributed by atoms with Gasteiger partial charge in [-0.05, 0) is 35.6 Å². The molecule has 33 heavy (non-hydrogen) atoms. The van der Waals surface area contributed by atoms with Crippen molar-refractivity contribution in [2.24, 2.45) is 5.92 Å². The van der Waals surface area contributed by atoms with Crippen LogP contribution in [0.5, 0.6) is 5.75 Å². The fourth-order valence-corrected chi connectivity index (χ4v) is 3.10. The number of aromatic hydroxyl groups is 1. The van der Waals surface area contributed by atoms with E-state index in [4.69, 9.17) is 4.74 Å². The molecule has 3 N–H and O–H groups in total. The quantitative estimate of drug-likeness (QED) is 0.444. The summed E-state index contributed by atoms with van der Waals surface area (Å²) in [6.07, 6.45) is -0.477. The van der Waals surface area contributed by atoms with Gasteiger partial charge in [0.05, 0.1) is 0 Å². The highest BCUT2D eigenvalue weighted by Gasteiger charge is 2.29. The van der Waals surface area contributed by atoms with Gasteiger partial charge < -0.3 is 25.2 Å². The Kier molecular flexibility index (Phi) is 10.1. The molecule has 0 aliphatic carbocycles. The molecule has 9 heteroatoms. The van der Waals surface area contributed by atoms with Gasteiger partial charge in [0.1, 0.15) is 24.4 Å². The summed E-state index contributed by atoms with van der Waals surface area (Å²) in [6.45, 7) is 2.46. The summed E-state index contributed by atoms with van der Waals surface area (Å²) in [5.41, 5.74) is 1.41. The van der Waals surface area contributed by atoms with Gasteiger partial charge in [0.15, 0.2) is 0 Å². The molecule has 0 aromatic heterocycles. The van der Waals surface area contributed by atoms with E-state index >= 15 is 0 Å². The molecule has 0 radical (unpaired) electrons. The van der Waals surface area contributed by atoms with E-state index in [1.165, 1.54) is 12.1 Å². The van der Waals surface area contributed by atoms with Crippen LogP contribution in [-0.2, 0) is 32.1 Å². The zero-order valence-corrected chi connectivity index (χ0v) is 18.6. The highest BCUT2D eigenvalue weighted by atomic mass is 19.1. The number of phenols is 1. The van der Waals surface area contributed by atoms with Crippen LogP contribution in [0.4, 0.5) is 9.18 Å². The lowest BCUT2D eigenvalue weighted by atomic mass is 10.0. The van der Waals surface area contributed by atoms with Gasteiger partial charge in [-0.1, -0.05) is 56.3 Å². The number of esters is 1. The number of halogens is 1. The van der Waals surface area contributed by atoms with Crippen molar-refractivity contribution in [1.29, 1.82) is 0 Å². The Bertz CT molecular complexity index is 905. The second kappa shape index (κ2) is 13.0. The fourth-order valence-electron chi connectivity index (χ4n) is 3.10. The lowest BCUT2D eigenvalue weighted by molar-refractivity contribution is -0.151. The number of carbonyl (C=O) groups is 3. The van der Waals surface area contributed by atoms with Crippen LogP contribution in [0, 0.1) is 5.92 Å². The Labute approximate surface area is 192 Å². The van der Waals surface area contributed by atoms with Crippen LogP contribution in [0.3, 0.4) is 0 Å². The Morgan fingerprint density at radius 1 is 0.909 bits per heavy atom. The van der Waals surface area contributed by atoms with E-state index in [0.717, 1.165) is 5.56 Å². The van der Waals surface area contributed by atoms with E-state index in [0.29, 0.717) is 5.56 Å². The maximum atomic E-state index is 12.9. The lowest BCUT2D eigenvalue weighted by Crippen LogP contribution is -2.53. The van der Waals surface area contributed by atoms with Crippen molar-refractivity contribution in [1.82, 2.24) is 10.6 Å². The Morgan fingerprint density at radius 3 is 2.18 bits per heavy atom. The van der Waals surface area contributed by atoms with Gasteiger partial charge in [0.2, 0.25) is 12.8 Å². The van der Waals surface area contributed by atoms with Gasteiger partial charge in [-0.3, -0.25) is 4.79 Å². The van der Waals surface area contributed by atoms with Crippen LogP contribution in [0.25, 0.3) is 0 Å². The molecule has 0 saturated heterocycles. The fraction of sp³-hybridized carbons (Fsp3) is 0.375. The first-order valence-electron chi connectivity index (χ1n) is 10.6. The lowest BCUT2D eigenvalue weighted by Gasteiger charge is -2.23. The number of hydrogen-bond acceptors (Lipinski definition) is 6. The average Bonchev–Trinajstić information content (AvgIpc) is 2.78. The van der Waals surface area contributed by atoms with Gasteiger partial charge in [-0.2, -0.15) is 0 Å². The summed E-state index contributed by atoms with van der Waals surface area (Å²) in [5.74, 6) is -1.49. The van der Waals surface area contributed by atoms with E-state index < -0.39 is 36.9 Å². The number of amides is 2. The molecule has 0 aliphatic heterocycles. The maximum Gasteiger partial charge on any atom is 0.408 e. The summed E-state index contributed by atoms with van der Waals surface area (Å²) < 4.78 is 22.2. The molecule has 2 amide bonds. The summed E-state index contributed by atoms with van der Waals surface area (Å²) >= 11 is 0. The van der Waals surface area contributed by atoms with Crippen LogP contribution in [0.1, 0.15) is 31.4 Å². The van der Waals surface area contributed by atoms with Crippen molar-refractivity contribution < 1.29 is 33.4 Å². The normalized spacial score (nSPS) is 12.5. The molecule has 2 aromatic rings. The smallest absolute Gasteiger partial charge is 0.408 e. The minimum absolute atomic E-state index is 0.0116. The molecule has 2 rings (SSSR count). The van der Waals surface area contributed by atoms with Gasteiger partial charge >= 0.3 is 12.1 Å². The first kappa shape index (κ1) is 25.6. The number of ether oxygens (including phenoxy) is 2. The number of hydrogen-bond donors (Lipinski definition) is 3. The van der Waals surface area contributed by atoms with Crippen LogP contribution < -0.4 is 10.6 Å². The molecule has 2 aromatic carbocycles. The number of alkyl halides is 1. The summed E-state index contributed by atoms with van der Waals surface area (Å²) in [7, 11) is 0. The molecule has 0 spiro atoms. The van der Waals surface area contributed by atoms with Crippen molar-refractivity contribution in [3.8, 4) is 5.75 Å². The monoisotopic (exact) mass is 460 g/mol. The zero-order valence-electron chi connectivity index (χ0n) is 18.6. The van der Waals surface area contributed by atoms with Crippen LogP contribution in [0.2, 0.25) is 0 Å². The Hall–Kier alpha value is -3.62. The first-order valence-corrected chi connectivity index (χ1v) is 10.6. The molecule has 0 heterocycles. The largest absolute Gasteiger partial charge is 0.508 e. The number of nitrogens with one attached hydrogen (secondary N) is 2. The van der Waals surface area contributed by atoms with Gasteiger partial charge in [0.25, 0.3) is 0 Å². The van der Waals surface area contributed by atoms with Crippen molar-refractivity contribution in [3.05, 3.63) is 65.7 Å². The number of phenolic OH excluding ortho intramolecular Hbond substituents is 1. The third-order valence-corrected chi connectivity index (χ3v) is 4.70. The summed E-state index contributed by atoms with van der Waals surface area (Å²) in [5, 5.41) is 14.5. The predicted molar refractivity (Wildman–Crippen MR) is 119 cm³/mol. The minimum Gasteiger partial charge on any atom is -0.508 e. The average molecular weight is 461 g/mol. The van der Waals surface area contributed by atoms with Crippen LogP contribution in [-0.4, -0.2) is 42.0 Å². The highest BCUT2D eigenvalue weighted by Crippen LogP contribution is 2.13. The predicted octanol–water partition coefficient (Wildman–Crippen LogP) is 3.23. The topological polar surface area (TPSA) is 114 Å². The van der Waals surface area contributed by atoms with E-state index in [1.807, 2.05) is 32.0 Å². The van der Waals surface area contributed by atoms with Gasteiger partial charge in [-0.15, -0.1) is 0 Å². The van der Waals surface area contributed by atoms with Crippen molar-refractivity contribution >= 4 is 18.0 Å². The molecule has 8 nitrogen and oxygen atoms in total. The van der Waals surface area contributed by atoms with Crippen molar-refractivity contribution in [2.75, 3.05) is 6.86 Å². The zero-order chi connectivity index (χ0) is 24.2. The molecule has 0 unspecified atom stereocenters. The third kappa shape index (κ3) is 9.18. The highest BCUT2D eigenvalue weighted by molar-refractivity contribution is 5.89. The van der Waals surface area contributed by atoms with E-state index in [-0.39, 0.29) is 31.1 Å². The molecule has 0 aliphatic rings. The Balaban J connectivity index is 2.05. The molecule has 0 fully saturated rings. The van der Waals surface area contributed by atoms with Crippen LogP contribution >= 0.6 is 0 Å².